The number of carbonyl (C=O) groups is 3. The number of hydrogen-bond acceptors (Lipinski definition) is 4. The zero-order valence-electron chi connectivity index (χ0n) is 20.2. The molecule has 1 aliphatic heterocycles. The summed E-state index contributed by atoms with van der Waals surface area (Å²) in [6.45, 7) is 10.9. The van der Waals surface area contributed by atoms with Crippen molar-refractivity contribution in [3.05, 3.63) is 28.8 Å². The van der Waals surface area contributed by atoms with Crippen LogP contribution in [-0.2, 0) is 14.4 Å². The zero-order chi connectivity index (χ0) is 23.6. The summed E-state index contributed by atoms with van der Waals surface area (Å²) >= 11 is 0. The third kappa shape index (κ3) is 4.90. The molecule has 1 aromatic rings. The van der Waals surface area contributed by atoms with Crippen molar-refractivity contribution in [2.24, 2.45) is 17.3 Å². The molecule has 0 aromatic heterocycles. The number of benzene rings is 1. The highest BCUT2D eigenvalue weighted by atomic mass is 16.5. The average Bonchev–Trinajstić information content (AvgIpc) is 2.73. The summed E-state index contributed by atoms with van der Waals surface area (Å²) < 4.78 is 5.56. The van der Waals surface area contributed by atoms with Gasteiger partial charge in [0, 0.05) is 42.5 Å². The first-order chi connectivity index (χ1) is 15.1. The first kappa shape index (κ1) is 24.0. The second-order valence-electron chi connectivity index (χ2n) is 10.2. The van der Waals surface area contributed by atoms with Gasteiger partial charge in [0.25, 0.3) is 0 Å². The Hall–Kier alpha value is -2.61. The van der Waals surface area contributed by atoms with E-state index >= 15 is 0 Å². The van der Waals surface area contributed by atoms with Crippen molar-refractivity contribution in [1.82, 2.24) is 4.90 Å². The lowest BCUT2D eigenvalue weighted by molar-refractivity contribution is -0.142. The maximum atomic E-state index is 13.2. The largest absolute Gasteiger partial charge is 0.496 e. The van der Waals surface area contributed by atoms with Crippen LogP contribution < -0.4 is 4.74 Å². The van der Waals surface area contributed by atoms with Crippen molar-refractivity contribution >= 4 is 17.5 Å². The van der Waals surface area contributed by atoms with Gasteiger partial charge in [-0.1, -0.05) is 26.7 Å². The molecule has 1 heterocycles. The number of methoxy groups -OCH3 is 1. The maximum absolute atomic E-state index is 13.2. The predicted molar refractivity (Wildman–Crippen MR) is 125 cm³/mol. The second-order valence-corrected chi connectivity index (χ2v) is 10.2. The van der Waals surface area contributed by atoms with E-state index in [2.05, 4.69) is 11.8 Å². The quantitative estimate of drug-likeness (QED) is 0.523. The SMILES string of the molecule is CC#Cc1cc(C)c(C2C(=O)CC(C3CCN(C(=O)C(C)(C)C)CC3)CC2=O)c(OC)c1. The topological polar surface area (TPSA) is 63.7 Å². The van der Waals surface area contributed by atoms with E-state index in [1.807, 2.05) is 44.7 Å². The molecule has 5 heteroatoms. The van der Waals surface area contributed by atoms with Crippen LogP contribution in [-0.4, -0.2) is 42.6 Å². The smallest absolute Gasteiger partial charge is 0.227 e. The highest BCUT2D eigenvalue weighted by Gasteiger charge is 2.42. The maximum Gasteiger partial charge on any atom is 0.227 e. The Morgan fingerprint density at radius 1 is 1.06 bits per heavy atom. The van der Waals surface area contributed by atoms with Gasteiger partial charge in [-0.25, -0.2) is 0 Å². The number of piperidine rings is 1. The van der Waals surface area contributed by atoms with E-state index in [9.17, 15) is 14.4 Å². The van der Waals surface area contributed by atoms with E-state index in [0.717, 1.165) is 24.0 Å². The Balaban J connectivity index is 1.73. The molecule has 0 radical (unpaired) electrons. The molecule has 0 atom stereocenters. The third-order valence-corrected chi connectivity index (χ3v) is 6.83. The fourth-order valence-electron chi connectivity index (χ4n) is 5.23. The summed E-state index contributed by atoms with van der Waals surface area (Å²) in [6.07, 6.45) is 2.52. The third-order valence-electron chi connectivity index (χ3n) is 6.83. The lowest BCUT2D eigenvalue weighted by atomic mass is 9.69. The lowest BCUT2D eigenvalue weighted by Gasteiger charge is -2.40. The zero-order valence-corrected chi connectivity index (χ0v) is 20.2. The van der Waals surface area contributed by atoms with E-state index in [4.69, 9.17) is 4.74 Å². The molecule has 0 unspecified atom stereocenters. The molecule has 2 fully saturated rings. The first-order valence-electron chi connectivity index (χ1n) is 11.5. The summed E-state index contributed by atoms with van der Waals surface area (Å²) in [4.78, 5) is 40.9. The average molecular weight is 438 g/mol. The van der Waals surface area contributed by atoms with Crippen LogP contribution in [0.15, 0.2) is 12.1 Å². The van der Waals surface area contributed by atoms with Crippen LogP contribution in [0.25, 0.3) is 0 Å². The van der Waals surface area contributed by atoms with Gasteiger partial charge in [-0.05, 0) is 56.2 Å². The van der Waals surface area contributed by atoms with Crippen molar-refractivity contribution in [3.63, 3.8) is 0 Å². The molecule has 1 saturated carbocycles. The number of likely N-dealkylation sites (tertiary alicyclic amines) is 1. The van der Waals surface area contributed by atoms with Crippen molar-refractivity contribution in [2.75, 3.05) is 20.2 Å². The molecule has 2 aliphatic rings. The number of Topliss-reactive ketones (excluding diaryl/α,β-unsaturated/α-hetero) is 2. The number of hydrogen-bond donors (Lipinski definition) is 0. The van der Waals surface area contributed by atoms with Crippen LogP contribution in [0.3, 0.4) is 0 Å². The van der Waals surface area contributed by atoms with E-state index in [-0.39, 0.29) is 28.8 Å². The van der Waals surface area contributed by atoms with Gasteiger partial charge in [-0.3, -0.25) is 14.4 Å². The van der Waals surface area contributed by atoms with Gasteiger partial charge in [-0.15, -0.1) is 5.92 Å². The summed E-state index contributed by atoms with van der Waals surface area (Å²) in [7, 11) is 1.56. The molecule has 5 nitrogen and oxygen atoms in total. The van der Waals surface area contributed by atoms with Crippen LogP contribution in [0.5, 0.6) is 5.75 Å². The van der Waals surface area contributed by atoms with Crippen LogP contribution in [0.2, 0.25) is 0 Å². The number of aryl methyl sites for hydroxylation is 1. The van der Waals surface area contributed by atoms with Crippen molar-refractivity contribution in [1.29, 1.82) is 0 Å². The van der Waals surface area contributed by atoms with E-state index in [0.29, 0.717) is 43.2 Å². The summed E-state index contributed by atoms with van der Waals surface area (Å²) in [5, 5.41) is 0. The fourth-order valence-corrected chi connectivity index (χ4v) is 5.23. The number of nitrogens with zero attached hydrogens (tertiary/aromatic N) is 1. The summed E-state index contributed by atoms with van der Waals surface area (Å²) in [6, 6.07) is 3.73. The predicted octanol–water partition coefficient (Wildman–Crippen LogP) is 4.29. The van der Waals surface area contributed by atoms with Crippen LogP contribution in [0, 0.1) is 36.0 Å². The molecule has 172 valence electrons. The number of ether oxygens (including phenoxy) is 1. The number of ketones is 2. The molecule has 3 rings (SSSR count). The second kappa shape index (κ2) is 9.48. The van der Waals surface area contributed by atoms with E-state index in [1.54, 1.807) is 14.0 Å². The van der Waals surface area contributed by atoms with E-state index in [1.165, 1.54) is 0 Å². The summed E-state index contributed by atoms with van der Waals surface area (Å²) in [5.41, 5.74) is 1.98. The minimum absolute atomic E-state index is 0.0184. The molecule has 0 spiro atoms. The Morgan fingerprint density at radius 3 is 2.16 bits per heavy atom. The van der Waals surface area contributed by atoms with Crippen molar-refractivity contribution in [2.45, 2.75) is 66.2 Å². The minimum Gasteiger partial charge on any atom is -0.496 e. The highest BCUT2D eigenvalue weighted by molar-refractivity contribution is 6.10. The molecule has 1 aliphatic carbocycles. The molecular weight excluding hydrogens is 402 g/mol. The summed E-state index contributed by atoms with van der Waals surface area (Å²) in [5.74, 6) is 6.20. The van der Waals surface area contributed by atoms with Crippen LogP contribution in [0.1, 0.15) is 76.0 Å². The fraction of sp³-hybridized carbons (Fsp3) is 0.593. The molecule has 32 heavy (non-hydrogen) atoms. The van der Waals surface area contributed by atoms with Gasteiger partial charge < -0.3 is 9.64 Å². The number of amides is 1. The Kier molecular flexibility index (Phi) is 7.12. The van der Waals surface area contributed by atoms with Gasteiger partial charge >= 0.3 is 0 Å². The van der Waals surface area contributed by atoms with Gasteiger partial charge in [0.05, 0.1) is 7.11 Å². The van der Waals surface area contributed by atoms with Gasteiger partial charge in [-0.2, -0.15) is 0 Å². The monoisotopic (exact) mass is 437 g/mol. The van der Waals surface area contributed by atoms with Crippen molar-refractivity contribution in [3.8, 4) is 17.6 Å². The van der Waals surface area contributed by atoms with Crippen LogP contribution in [0.4, 0.5) is 0 Å². The molecule has 1 amide bonds. The highest BCUT2D eigenvalue weighted by Crippen LogP contribution is 2.42. The lowest BCUT2D eigenvalue weighted by Crippen LogP contribution is -2.46. The molecule has 1 aromatic carbocycles. The van der Waals surface area contributed by atoms with Gasteiger partial charge in [0.15, 0.2) is 0 Å². The van der Waals surface area contributed by atoms with E-state index < -0.39 is 5.92 Å². The first-order valence-corrected chi connectivity index (χ1v) is 11.5. The van der Waals surface area contributed by atoms with Crippen LogP contribution >= 0.6 is 0 Å². The minimum atomic E-state index is -0.757. The molecule has 0 bridgehead atoms. The van der Waals surface area contributed by atoms with Gasteiger partial charge in [0.2, 0.25) is 5.91 Å². The van der Waals surface area contributed by atoms with Gasteiger partial charge in [0.1, 0.15) is 23.2 Å². The molecule has 0 N–H and O–H groups in total. The number of rotatable bonds is 3. The standard InChI is InChI=1S/C27H35NO4/c1-7-8-18-13-17(2)24(23(14-18)32-6)25-21(29)15-20(16-22(25)30)19-9-11-28(12-10-19)26(31)27(3,4)5/h13-14,19-20,25H,9-12,15-16H2,1-6H3. The number of carbonyl (C=O) groups excluding carboxylic acids is 3. The van der Waals surface area contributed by atoms with Crippen molar-refractivity contribution < 1.29 is 19.1 Å². The molecule has 1 saturated heterocycles. The normalized spacial score (nSPS) is 22.4. The Labute approximate surface area is 191 Å². The Morgan fingerprint density at radius 2 is 1.66 bits per heavy atom. The Bertz CT molecular complexity index is 950. The molecular formula is C27H35NO4.